The third-order valence-electron chi connectivity index (χ3n) is 6.13. The van der Waals surface area contributed by atoms with Gasteiger partial charge in [0, 0.05) is 0 Å². The molecule has 0 nitrogen and oxygen atoms in total. The highest BCUT2D eigenvalue weighted by atomic mass is 14.7. The minimum atomic E-state index is 0.560. The first-order valence-corrected chi connectivity index (χ1v) is 6.68. The zero-order valence-corrected chi connectivity index (χ0v) is 10.6. The molecule has 84 valence electrons. The molecule has 0 aromatic carbocycles. The van der Waals surface area contributed by atoms with Crippen molar-refractivity contribution in [1.82, 2.24) is 0 Å². The third-order valence-corrected chi connectivity index (χ3v) is 6.13. The topological polar surface area (TPSA) is 0 Å². The maximum Gasteiger partial charge on any atom is -0.00544 e. The van der Waals surface area contributed by atoms with E-state index in [1.54, 1.807) is 0 Å². The lowest BCUT2D eigenvalue weighted by atomic mass is 9.60. The number of allylic oxidation sites excluding steroid dienone is 2. The van der Waals surface area contributed by atoms with Gasteiger partial charge in [-0.15, -0.1) is 0 Å². The van der Waals surface area contributed by atoms with Gasteiger partial charge in [-0.1, -0.05) is 39.3 Å². The summed E-state index contributed by atoms with van der Waals surface area (Å²) in [5, 5.41) is 0. The molecule has 1 unspecified atom stereocenters. The molecule has 0 amide bonds. The van der Waals surface area contributed by atoms with Crippen LogP contribution in [0.1, 0.15) is 53.4 Å². The van der Waals surface area contributed by atoms with Crippen molar-refractivity contribution >= 4 is 0 Å². The molecular weight excluding hydrogens is 180 g/mol. The van der Waals surface area contributed by atoms with E-state index < -0.39 is 0 Å². The van der Waals surface area contributed by atoms with E-state index >= 15 is 0 Å². The number of rotatable bonds is 0. The van der Waals surface area contributed by atoms with Gasteiger partial charge in [0.05, 0.1) is 0 Å². The zero-order chi connectivity index (χ0) is 10.8. The molecule has 0 heteroatoms. The molecule has 4 atom stereocenters. The predicted octanol–water partition coefficient (Wildman–Crippen LogP) is 4.42. The van der Waals surface area contributed by atoms with Gasteiger partial charge >= 0.3 is 0 Å². The molecule has 0 aliphatic heterocycles. The van der Waals surface area contributed by atoms with Crippen LogP contribution in [0.15, 0.2) is 11.6 Å². The highest BCUT2D eigenvalue weighted by Gasteiger charge is 2.68. The third kappa shape index (κ3) is 1.04. The highest BCUT2D eigenvalue weighted by Crippen LogP contribution is 2.74. The lowest BCUT2D eigenvalue weighted by Crippen LogP contribution is -2.36. The summed E-state index contributed by atoms with van der Waals surface area (Å²) < 4.78 is 0. The summed E-state index contributed by atoms with van der Waals surface area (Å²) in [5.41, 5.74) is 3.01. The Balaban J connectivity index is 2.03. The van der Waals surface area contributed by atoms with Gasteiger partial charge in [-0.25, -0.2) is 0 Å². The second-order valence-electron chi connectivity index (χ2n) is 6.93. The largest absolute Gasteiger partial charge is 0.0847 e. The van der Waals surface area contributed by atoms with Crippen LogP contribution < -0.4 is 0 Å². The van der Waals surface area contributed by atoms with E-state index in [0.29, 0.717) is 10.8 Å². The van der Waals surface area contributed by atoms with Gasteiger partial charge in [0.15, 0.2) is 0 Å². The van der Waals surface area contributed by atoms with E-state index in [1.807, 2.05) is 5.57 Å². The Labute approximate surface area is 94.1 Å². The van der Waals surface area contributed by atoms with Crippen molar-refractivity contribution < 1.29 is 0 Å². The van der Waals surface area contributed by atoms with Crippen molar-refractivity contribution in [2.75, 3.05) is 0 Å². The van der Waals surface area contributed by atoms with Crippen LogP contribution in [0, 0.1) is 28.6 Å². The summed E-state index contributed by atoms with van der Waals surface area (Å²) >= 11 is 0. The van der Waals surface area contributed by atoms with E-state index in [9.17, 15) is 0 Å². The average molecular weight is 204 g/mol. The highest BCUT2D eigenvalue weighted by molar-refractivity contribution is 5.31. The normalized spacial score (nSPS) is 51.5. The fraction of sp³-hybridized carbons (Fsp3) is 0.867. The fourth-order valence-electron chi connectivity index (χ4n) is 5.01. The van der Waals surface area contributed by atoms with E-state index in [1.165, 1.54) is 25.7 Å². The number of hydrogen-bond acceptors (Lipinski definition) is 0. The smallest absolute Gasteiger partial charge is 0.00544 e. The first kappa shape index (κ1) is 9.93. The molecule has 3 aliphatic carbocycles. The number of hydrogen-bond donors (Lipinski definition) is 0. The SMILES string of the molecule is CC1CCC=C2CC[C@@H]3[C@@H](C3(C)C)[C@@]21C. The summed E-state index contributed by atoms with van der Waals surface area (Å²) in [6.07, 6.45) is 8.19. The van der Waals surface area contributed by atoms with Gasteiger partial charge in [-0.2, -0.15) is 0 Å². The Morgan fingerprint density at radius 1 is 1.20 bits per heavy atom. The van der Waals surface area contributed by atoms with E-state index in [-0.39, 0.29) is 0 Å². The Kier molecular flexibility index (Phi) is 1.79. The molecule has 0 radical (unpaired) electrons. The Morgan fingerprint density at radius 3 is 2.67 bits per heavy atom. The summed E-state index contributed by atoms with van der Waals surface area (Å²) in [5.74, 6) is 2.92. The fourth-order valence-corrected chi connectivity index (χ4v) is 5.01. The standard InChI is InChI=1S/C15H24/c1-10-6-5-7-11-8-9-12-13(14(12,2)3)15(10,11)4/h7,10,12-13H,5-6,8-9H2,1-4H3/t10?,12-,13+,15-/m1/s1. The predicted molar refractivity (Wildman–Crippen MR) is 64.6 cm³/mol. The molecule has 3 rings (SSSR count). The molecule has 0 spiro atoms. The summed E-state index contributed by atoms with van der Waals surface area (Å²) in [6.45, 7) is 10.0. The molecule has 3 aliphatic rings. The van der Waals surface area contributed by atoms with Crippen molar-refractivity contribution in [3.05, 3.63) is 11.6 Å². The quantitative estimate of drug-likeness (QED) is 0.513. The van der Waals surface area contributed by atoms with Gasteiger partial charge in [0.25, 0.3) is 0 Å². The van der Waals surface area contributed by atoms with Crippen LogP contribution in [0.25, 0.3) is 0 Å². The minimum Gasteiger partial charge on any atom is -0.0847 e. The van der Waals surface area contributed by atoms with Gasteiger partial charge in [-0.3, -0.25) is 0 Å². The second-order valence-corrected chi connectivity index (χ2v) is 6.93. The van der Waals surface area contributed by atoms with Crippen LogP contribution in [0.2, 0.25) is 0 Å². The average Bonchev–Trinajstić information content (AvgIpc) is 2.73. The molecule has 0 heterocycles. The van der Waals surface area contributed by atoms with Gasteiger partial charge < -0.3 is 0 Å². The van der Waals surface area contributed by atoms with Crippen molar-refractivity contribution in [1.29, 1.82) is 0 Å². The maximum atomic E-state index is 2.57. The Hall–Kier alpha value is -0.260. The molecule has 0 aromatic heterocycles. The van der Waals surface area contributed by atoms with Crippen LogP contribution in [0.5, 0.6) is 0 Å². The van der Waals surface area contributed by atoms with Gasteiger partial charge in [0.1, 0.15) is 0 Å². The first-order valence-electron chi connectivity index (χ1n) is 6.68. The molecule has 15 heavy (non-hydrogen) atoms. The van der Waals surface area contributed by atoms with Crippen LogP contribution in [0.3, 0.4) is 0 Å². The van der Waals surface area contributed by atoms with Crippen molar-refractivity contribution in [3.63, 3.8) is 0 Å². The molecule has 2 saturated carbocycles. The molecule has 0 bridgehead atoms. The molecule has 0 N–H and O–H groups in total. The van der Waals surface area contributed by atoms with Crippen molar-refractivity contribution in [3.8, 4) is 0 Å². The maximum absolute atomic E-state index is 2.57. The second kappa shape index (κ2) is 2.70. The molecule has 0 aromatic rings. The minimum absolute atomic E-state index is 0.560. The van der Waals surface area contributed by atoms with E-state index in [0.717, 1.165) is 17.8 Å². The van der Waals surface area contributed by atoms with Crippen molar-refractivity contribution in [2.24, 2.45) is 28.6 Å². The van der Waals surface area contributed by atoms with Crippen LogP contribution in [-0.2, 0) is 0 Å². The monoisotopic (exact) mass is 204 g/mol. The van der Waals surface area contributed by atoms with Crippen LogP contribution >= 0.6 is 0 Å². The van der Waals surface area contributed by atoms with Crippen LogP contribution in [-0.4, -0.2) is 0 Å². The Morgan fingerprint density at radius 2 is 1.93 bits per heavy atom. The molecule has 0 saturated heterocycles. The summed E-state index contributed by atoms with van der Waals surface area (Å²) in [6, 6.07) is 0. The Bertz CT molecular complexity index is 323. The van der Waals surface area contributed by atoms with Gasteiger partial charge in [0.2, 0.25) is 0 Å². The zero-order valence-electron chi connectivity index (χ0n) is 10.6. The first-order chi connectivity index (χ1) is 6.99. The molecule has 2 fully saturated rings. The summed E-state index contributed by atoms with van der Waals surface area (Å²) in [7, 11) is 0. The van der Waals surface area contributed by atoms with E-state index in [2.05, 4.69) is 33.8 Å². The lowest BCUT2D eigenvalue weighted by Gasteiger charge is -2.45. The van der Waals surface area contributed by atoms with Crippen molar-refractivity contribution in [2.45, 2.75) is 53.4 Å². The molecular formula is C15H24. The van der Waals surface area contributed by atoms with E-state index in [4.69, 9.17) is 0 Å². The van der Waals surface area contributed by atoms with Crippen LogP contribution in [0.4, 0.5) is 0 Å². The lowest BCUT2D eigenvalue weighted by molar-refractivity contribution is 0.147. The number of fused-ring (bicyclic) bond motifs is 3. The van der Waals surface area contributed by atoms with Gasteiger partial charge in [-0.05, 0) is 54.3 Å². The summed E-state index contributed by atoms with van der Waals surface area (Å²) in [4.78, 5) is 0.